The van der Waals surface area contributed by atoms with Gasteiger partial charge < -0.3 is 9.47 Å². The summed E-state index contributed by atoms with van der Waals surface area (Å²) in [4.78, 5) is 2.38. The van der Waals surface area contributed by atoms with Crippen LogP contribution < -0.4 is 4.90 Å². The van der Waals surface area contributed by atoms with Crippen LogP contribution in [0.4, 0.5) is 17.1 Å². The van der Waals surface area contributed by atoms with Gasteiger partial charge in [0.2, 0.25) is 0 Å². The Morgan fingerprint density at radius 2 is 0.778 bits per heavy atom. The molecule has 0 saturated heterocycles. The summed E-state index contributed by atoms with van der Waals surface area (Å²) < 4.78 is 2.39. The summed E-state index contributed by atoms with van der Waals surface area (Å²) in [6.45, 7) is 0. The predicted molar refractivity (Wildman–Crippen MR) is 226 cm³/mol. The van der Waals surface area contributed by atoms with E-state index in [9.17, 15) is 0 Å². The molecule has 2 heteroatoms. The van der Waals surface area contributed by atoms with Crippen molar-refractivity contribution in [3.63, 3.8) is 0 Å². The van der Waals surface area contributed by atoms with Crippen molar-refractivity contribution in [3.05, 3.63) is 181 Å². The van der Waals surface area contributed by atoms with Gasteiger partial charge in [-0.25, -0.2) is 0 Å². The first kappa shape index (κ1) is 31.6. The van der Waals surface area contributed by atoms with Crippen LogP contribution in [0.25, 0.3) is 49.7 Å². The van der Waals surface area contributed by atoms with E-state index in [1.165, 1.54) is 82.6 Å². The molecule has 12 rings (SSSR count). The van der Waals surface area contributed by atoms with Crippen LogP contribution in [0.15, 0.2) is 176 Å². The maximum absolute atomic E-state index is 2.47. The van der Waals surface area contributed by atoms with Gasteiger partial charge in [0.15, 0.2) is 0 Å². The molecule has 8 aromatic rings. The molecular formula is C52H44N2. The highest BCUT2D eigenvalue weighted by atomic mass is 15.1. The van der Waals surface area contributed by atoms with Gasteiger partial charge in [-0.3, -0.25) is 0 Å². The van der Waals surface area contributed by atoms with Gasteiger partial charge in [-0.15, -0.1) is 0 Å². The highest BCUT2D eigenvalue weighted by Gasteiger charge is 2.51. The van der Waals surface area contributed by atoms with E-state index in [1.807, 2.05) is 0 Å². The molecule has 0 atom stereocenters. The van der Waals surface area contributed by atoms with E-state index in [-0.39, 0.29) is 0 Å². The number of fused-ring (bicyclic) bond motifs is 3. The normalized spacial score (nSPS) is 21.5. The zero-order chi connectivity index (χ0) is 35.6. The van der Waals surface area contributed by atoms with Gasteiger partial charge in [-0.1, -0.05) is 115 Å². The SMILES string of the molecule is c1ccc(-c2ccc(N(c3ccc(-c4ccc(C56CC7CC(CC(C7)C5)C6)cc4)cc3)c3ccc(-n4c5ccccc5c5ccccc54)cc3)cc2)cc1. The predicted octanol–water partition coefficient (Wildman–Crippen LogP) is 14.1. The largest absolute Gasteiger partial charge is 0.311 e. The number of anilines is 3. The van der Waals surface area contributed by atoms with Gasteiger partial charge in [0, 0.05) is 33.5 Å². The third-order valence-corrected chi connectivity index (χ3v) is 13.2. The van der Waals surface area contributed by atoms with Crippen LogP contribution in [-0.4, -0.2) is 4.57 Å². The fraction of sp³-hybridized carbons (Fsp3) is 0.192. The fourth-order valence-electron chi connectivity index (χ4n) is 11.1. The summed E-state index contributed by atoms with van der Waals surface area (Å²) >= 11 is 0. The topological polar surface area (TPSA) is 8.17 Å². The van der Waals surface area contributed by atoms with Crippen molar-refractivity contribution in [2.24, 2.45) is 17.8 Å². The number of hydrogen-bond acceptors (Lipinski definition) is 1. The number of nitrogens with zero attached hydrogens (tertiary/aromatic N) is 2. The Balaban J connectivity index is 0.938. The van der Waals surface area contributed by atoms with E-state index < -0.39 is 0 Å². The van der Waals surface area contributed by atoms with Crippen molar-refractivity contribution < 1.29 is 0 Å². The quantitative estimate of drug-likeness (QED) is 0.161. The third kappa shape index (κ3) is 5.30. The van der Waals surface area contributed by atoms with E-state index in [0.29, 0.717) is 5.41 Å². The van der Waals surface area contributed by atoms with Crippen LogP contribution in [0, 0.1) is 17.8 Å². The van der Waals surface area contributed by atoms with Crippen molar-refractivity contribution >= 4 is 38.9 Å². The summed E-state index contributed by atoms with van der Waals surface area (Å²) in [7, 11) is 0. The lowest BCUT2D eigenvalue weighted by Gasteiger charge is -2.57. The maximum atomic E-state index is 2.47. The highest BCUT2D eigenvalue weighted by Crippen LogP contribution is 2.60. The number of rotatable bonds is 7. The second-order valence-electron chi connectivity index (χ2n) is 16.5. The van der Waals surface area contributed by atoms with Crippen molar-refractivity contribution in [3.8, 4) is 27.9 Å². The van der Waals surface area contributed by atoms with Crippen LogP contribution >= 0.6 is 0 Å². The summed E-state index contributed by atoms with van der Waals surface area (Å²) in [6.07, 6.45) is 8.70. The minimum atomic E-state index is 0.435. The first-order valence-corrected chi connectivity index (χ1v) is 19.9. The molecule has 0 amide bonds. The first-order valence-electron chi connectivity index (χ1n) is 19.9. The van der Waals surface area contributed by atoms with E-state index in [4.69, 9.17) is 0 Å². The Morgan fingerprint density at radius 1 is 0.389 bits per heavy atom. The minimum Gasteiger partial charge on any atom is -0.311 e. The molecule has 4 fully saturated rings. The summed E-state index contributed by atoms with van der Waals surface area (Å²) in [5, 5.41) is 2.56. The molecule has 2 nitrogen and oxygen atoms in total. The van der Waals surface area contributed by atoms with Crippen LogP contribution in [0.2, 0.25) is 0 Å². The molecule has 4 aliphatic carbocycles. The van der Waals surface area contributed by atoms with Gasteiger partial charge >= 0.3 is 0 Å². The molecule has 0 aliphatic heterocycles. The number of aromatic nitrogens is 1. The number of para-hydroxylation sites is 2. The molecule has 1 heterocycles. The third-order valence-electron chi connectivity index (χ3n) is 13.2. The summed E-state index contributed by atoms with van der Waals surface area (Å²) in [5.41, 5.74) is 14.0. The van der Waals surface area contributed by atoms with Crippen LogP contribution in [-0.2, 0) is 5.41 Å². The number of hydrogen-bond donors (Lipinski definition) is 0. The molecule has 0 spiro atoms. The molecule has 0 N–H and O–H groups in total. The van der Waals surface area contributed by atoms with E-state index in [2.05, 4.69) is 185 Å². The smallest absolute Gasteiger partial charge is 0.0541 e. The summed E-state index contributed by atoms with van der Waals surface area (Å²) in [5.74, 6) is 2.89. The maximum Gasteiger partial charge on any atom is 0.0541 e. The molecule has 0 unspecified atom stereocenters. The van der Waals surface area contributed by atoms with Crippen molar-refractivity contribution in [2.45, 2.75) is 43.9 Å². The Labute approximate surface area is 318 Å². The van der Waals surface area contributed by atoms with Crippen molar-refractivity contribution in [2.75, 3.05) is 4.90 Å². The Kier molecular flexibility index (Phi) is 7.40. The van der Waals surface area contributed by atoms with Gasteiger partial charge in [-0.05, 0) is 150 Å². The molecule has 4 aliphatic rings. The molecule has 7 aromatic carbocycles. The summed E-state index contributed by atoms with van der Waals surface area (Å²) in [6, 6.07) is 65.0. The van der Waals surface area contributed by atoms with E-state index in [0.717, 1.165) is 40.5 Å². The van der Waals surface area contributed by atoms with Crippen LogP contribution in [0.5, 0.6) is 0 Å². The van der Waals surface area contributed by atoms with E-state index >= 15 is 0 Å². The first-order chi connectivity index (χ1) is 26.7. The van der Waals surface area contributed by atoms with Crippen LogP contribution in [0.3, 0.4) is 0 Å². The lowest BCUT2D eigenvalue weighted by molar-refractivity contribution is -0.00518. The van der Waals surface area contributed by atoms with Gasteiger partial charge in [0.1, 0.15) is 0 Å². The highest BCUT2D eigenvalue weighted by molar-refractivity contribution is 6.09. The second-order valence-corrected chi connectivity index (χ2v) is 16.5. The standard InChI is InChI=1S/C52H44N2/c1-2-8-39(9-3-1)41-16-22-44(23-17-41)53(46-26-28-47(29-27-46)54-50-12-6-4-10-48(50)49-11-5-7-13-51(49)54)45-24-18-42(19-25-45)40-14-20-43(21-15-40)52-33-36-30-37(34-52)32-38(31-36)35-52/h1-29,36-38H,30-35H2. The van der Waals surface area contributed by atoms with Crippen LogP contribution in [0.1, 0.15) is 44.1 Å². The zero-order valence-electron chi connectivity index (χ0n) is 30.6. The Hall–Kier alpha value is -5.86. The molecular weight excluding hydrogens is 653 g/mol. The fourth-order valence-corrected chi connectivity index (χ4v) is 11.1. The minimum absolute atomic E-state index is 0.435. The molecule has 1 aromatic heterocycles. The molecule has 54 heavy (non-hydrogen) atoms. The van der Waals surface area contributed by atoms with Crippen molar-refractivity contribution in [1.82, 2.24) is 4.57 Å². The second kappa shape index (κ2) is 12.6. The zero-order valence-corrected chi connectivity index (χ0v) is 30.6. The number of benzene rings is 7. The average molecular weight is 697 g/mol. The Bertz CT molecular complexity index is 2510. The molecule has 4 saturated carbocycles. The Morgan fingerprint density at radius 3 is 1.26 bits per heavy atom. The van der Waals surface area contributed by atoms with Gasteiger partial charge in [-0.2, -0.15) is 0 Å². The van der Waals surface area contributed by atoms with Crippen molar-refractivity contribution in [1.29, 1.82) is 0 Å². The van der Waals surface area contributed by atoms with Gasteiger partial charge in [0.25, 0.3) is 0 Å². The van der Waals surface area contributed by atoms with E-state index in [1.54, 1.807) is 5.56 Å². The average Bonchev–Trinajstić information content (AvgIpc) is 3.56. The molecule has 262 valence electrons. The van der Waals surface area contributed by atoms with Gasteiger partial charge in [0.05, 0.1) is 11.0 Å². The lowest BCUT2D eigenvalue weighted by Crippen LogP contribution is -2.48. The molecule has 0 radical (unpaired) electrons. The molecule has 4 bridgehead atoms. The monoisotopic (exact) mass is 696 g/mol. The lowest BCUT2D eigenvalue weighted by atomic mass is 9.48.